The standard InChI is InChI=1S/C26H25NO3/c28-24-16-23(27(18-24)26(30)15-19-7-3-1-4-8-19)17-25(29)22-13-11-21(12-14-22)20-9-5-2-6-10-20/h1-14,23-24,28H,15-18H2/t23-,24+/m0/s1. The highest BCUT2D eigenvalue weighted by atomic mass is 16.3. The quantitative estimate of drug-likeness (QED) is 0.634. The molecule has 0 radical (unpaired) electrons. The first-order chi connectivity index (χ1) is 14.6. The Morgan fingerprint density at radius 3 is 2.10 bits per heavy atom. The molecular formula is C26H25NO3. The summed E-state index contributed by atoms with van der Waals surface area (Å²) in [5.41, 5.74) is 3.73. The summed E-state index contributed by atoms with van der Waals surface area (Å²) in [6, 6.07) is 26.9. The SMILES string of the molecule is O=C(C[C@@H]1C[C@@H](O)CN1C(=O)Cc1ccccc1)c1ccc(-c2ccccc2)cc1. The smallest absolute Gasteiger partial charge is 0.227 e. The number of Topliss-reactive ketones (excluding diaryl/α,β-unsaturated/α-hetero) is 1. The van der Waals surface area contributed by atoms with Crippen molar-refractivity contribution in [2.24, 2.45) is 0 Å². The van der Waals surface area contributed by atoms with Crippen LogP contribution in [0.5, 0.6) is 0 Å². The van der Waals surface area contributed by atoms with Gasteiger partial charge in [-0.3, -0.25) is 9.59 Å². The summed E-state index contributed by atoms with van der Waals surface area (Å²) >= 11 is 0. The molecule has 0 bridgehead atoms. The van der Waals surface area contributed by atoms with Crippen LogP contribution in [0.1, 0.15) is 28.8 Å². The molecule has 1 N–H and O–H groups in total. The first kappa shape index (κ1) is 20.0. The van der Waals surface area contributed by atoms with E-state index in [9.17, 15) is 14.7 Å². The summed E-state index contributed by atoms with van der Waals surface area (Å²) in [6.07, 6.45) is 0.365. The van der Waals surface area contributed by atoms with Crippen LogP contribution in [0.2, 0.25) is 0 Å². The van der Waals surface area contributed by atoms with E-state index in [1.807, 2.05) is 84.9 Å². The lowest BCUT2D eigenvalue weighted by atomic mass is 9.98. The van der Waals surface area contributed by atoms with Gasteiger partial charge in [0.15, 0.2) is 5.78 Å². The van der Waals surface area contributed by atoms with Crippen molar-refractivity contribution in [3.05, 3.63) is 96.1 Å². The van der Waals surface area contributed by atoms with Crippen molar-refractivity contribution in [2.45, 2.75) is 31.4 Å². The summed E-state index contributed by atoms with van der Waals surface area (Å²) < 4.78 is 0. The van der Waals surface area contributed by atoms with Gasteiger partial charge in [-0.05, 0) is 23.1 Å². The normalized spacial score (nSPS) is 18.4. The number of amides is 1. The van der Waals surface area contributed by atoms with Gasteiger partial charge in [-0.25, -0.2) is 0 Å². The summed E-state index contributed by atoms with van der Waals surface area (Å²) in [5.74, 6) is -0.0544. The van der Waals surface area contributed by atoms with Gasteiger partial charge in [0.2, 0.25) is 5.91 Å². The Morgan fingerprint density at radius 2 is 1.43 bits per heavy atom. The lowest BCUT2D eigenvalue weighted by Gasteiger charge is -2.24. The fourth-order valence-corrected chi connectivity index (χ4v) is 4.07. The van der Waals surface area contributed by atoms with E-state index in [-0.39, 0.29) is 37.1 Å². The van der Waals surface area contributed by atoms with Crippen LogP contribution < -0.4 is 0 Å². The molecule has 3 aromatic rings. The fourth-order valence-electron chi connectivity index (χ4n) is 4.07. The third-order valence-corrected chi connectivity index (χ3v) is 5.65. The molecule has 30 heavy (non-hydrogen) atoms. The van der Waals surface area contributed by atoms with Crippen LogP contribution in [-0.2, 0) is 11.2 Å². The zero-order chi connectivity index (χ0) is 20.9. The number of hydrogen-bond donors (Lipinski definition) is 1. The first-order valence-corrected chi connectivity index (χ1v) is 10.3. The molecule has 1 aliphatic rings. The van der Waals surface area contributed by atoms with Gasteiger partial charge in [0.1, 0.15) is 0 Å². The van der Waals surface area contributed by atoms with Crippen LogP contribution in [0, 0.1) is 0 Å². The molecule has 152 valence electrons. The summed E-state index contributed by atoms with van der Waals surface area (Å²) in [7, 11) is 0. The first-order valence-electron chi connectivity index (χ1n) is 10.3. The average molecular weight is 399 g/mol. The molecule has 1 saturated heterocycles. The maximum absolute atomic E-state index is 12.9. The number of benzene rings is 3. The van der Waals surface area contributed by atoms with E-state index in [1.54, 1.807) is 4.90 Å². The van der Waals surface area contributed by atoms with Gasteiger partial charge < -0.3 is 10.0 Å². The van der Waals surface area contributed by atoms with Crippen molar-refractivity contribution in [1.82, 2.24) is 4.90 Å². The second kappa shape index (κ2) is 9.06. The van der Waals surface area contributed by atoms with Crippen molar-refractivity contribution in [2.75, 3.05) is 6.54 Å². The number of likely N-dealkylation sites (tertiary alicyclic amines) is 1. The Hall–Kier alpha value is -3.24. The molecule has 1 amide bonds. The minimum atomic E-state index is -0.581. The summed E-state index contributed by atoms with van der Waals surface area (Å²) in [6.45, 7) is 0.288. The van der Waals surface area contributed by atoms with Crippen molar-refractivity contribution < 1.29 is 14.7 Å². The molecule has 4 rings (SSSR count). The molecule has 0 aliphatic carbocycles. The maximum Gasteiger partial charge on any atom is 0.227 e. The number of carbonyl (C=O) groups is 2. The number of ketones is 1. The Morgan fingerprint density at radius 1 is 0.833 bits per heavy atom. The van der Waals surface area contributed by atoms with Gasteiger partial charge >= 0.3 is 0 Å². The van der Waals surface area contributed by atoms with E-state index < -0.39 is 6.10 Å². The van der Waals surface area contributed by atoms with Crippen molar-refractivity contribution >= 4 is 11.7 Å². The third kappa shape index (κ3) is 4.66. The van der Waals surface area contributed by atoms with E-state index in [0.29, 0.717) is 12.0 Å². The third-order valence-electron chi connectivity index (χ3n) is 5.65. The van der Waals surface area contributed by atoms with E-state index in [4.69, 9.17) is 0 Å². The molecule has 1 aliphatic heterocycles. The Balaban J connectivity index is 1.43. The number of hydrogen-bond acceptors (Lipinski definition) is 3. The number of nitrogens with zero attached hydrogens (tertiary/aromatic N) is 1. The molecule has 1 heterocycles. The molecule has 0 aromatic heterocycles. The number of aliphatic hydroxyl groups is 1. The summed E-state index contributed by atoms with van der Waals surface area (Å²) in [4.78, 5) is 27.3. The molecule has 0 saturated carbocycles. The topological polar surface area (TPSA) is 57.6 Å². The van der Waals surface area contributed by atoms with Gasteiger partial charge in [0.25, 0.3) is 0 Å². The number of aliphatic hydroxyl groups excluding tert-OH is 1. The van der Waals surface area contributed by atoms with Crippen molar-refractivity contribution in [3.63, 3.8) is 0 Å². The molecule has 4 nitrogen and oxygen atoms in total. The van der Waals surface area contributed by atoms with Gasteiger partial charge in [0, 0.05) is 24.6 Å². The fraction of sp³-hybridized carbons (Fsp3) is 0.231. The molecule has 3 aromatic carbocycles. The van der Waals surface area contributed by atoms with Gasteiger partial charge in [0.05, 0.1) is 12.5 Å². The molecule has 2 atom stereocenters. The number of β-amino-alcohol motifs (C(OH)–C–C–N with tert-alkyl or cyclic N) is 1. The monoisotopic (exact) mass is 399 g/mol. The zero-order valence-electron chi connectivity index (χ0n) is 16.8. The van der Waals surface area contributed by atoms with E-state index >= 15 is 0 Å². The Labute approximate surface area is 176 Å². The van der Waals surface area contributed by atoms with Crippen LogP contribution in [0.3, 0.4) is 0 Å². The minimum absolute atomic E-state index is 0.00813. The highest BCUT2D eigenvalue weighted by Gasteiger charge is 2.35. The van der Waals surface area contributed by atoms with Gasteiger partial charge in [-0.2, -0.15) is 0 Å². The van der Waals surface area contributed by atoms with E-state index in [0.717, 1.165) is 16.7 Å². The van der Waals surface area contributed by atoms with Crippen molar-refractivity contribution in [1.29, 1.82) is 0 Å². The van der Waals surface area contributed by atoms with Crippen LogP contribution in [0.4, 0.5) is 0 Å². The van der Waals surface area contributed by atoms with Gasteiger partial charge in [-0.15, -0.1) is 0 Å². The van der Waals surface area contributed by atoms with E-state index in [1.165, 1.54) is 0 Å². The van der Waals surface area contributed by atoms with Crippen LogP contribution in [0.25, 0.3) is 11.1 Å². The Bertz CT molecular complexity index is 999. The number of rotatable bonds is 6. The van der Waals surface area contributed by atoms with Gasteiger partial charge in [-0.1, -0.05) is 84.9 Å². The molecule has 0 unspecified atom stereocenters. The van der Waals surface area contributed by atoms with Crippen molar-refractivity contribution in [3.8, 4) is 11.1 Å². The molecule has 1 fully saturated rings. The molecular weight excluding hydrogens is 374 g/mol. The molecule has 0 spiro atoms. The lowest BCUT2D eigenvalue weighted by molar-refractivity contribution is -0.131. The predicted octanol–water partition coefficient (Wildman–Crippen LogP) is 4.13. The van der Waals surface area contributed by atoms with Crippen LogP contribution >= 0.6 is 0 Å². The van der Waals surface area contributed by atoms with Crippen LogP contribution in [-0.4, -0.2) is 40.4 Å². The Kier molecular flexibility index (Phi) is 6.05. The summed E-state index contributed by atoms with van der Waals surface area (Å²) in [5, 5.41) is 10.1. The van der Waals surface area contributed by atoms with Crippen LogP contribution in [0.15, 0.2) is 84.9 Å². The number of carbonyl (C=O) groups excluding carboxylic acids is 2. The highest BCUT2D eigenvalue weighted by Crippen LogP contribution is 2.25. The highest BCUT2D eigenvalue weighted by molar-refractivity contribution is 5.97. The average Bonchev–Trinajstić information content (AvgIpc) is 3.15. The predicted molar refractivity (Wildman–Crippen MR) is 117 cm³/mol. The maximum atomic E-state index is 12.9. The minimum Gasteiger partial charge on any atom is -0.391 e. The van der Waals surface area contributed by atoms with E-state index in [2.05, 4.69) is 0 Å². The molecule has 4 heteroatoms. The second-order valence-corrected chi connectivity index (χ2v) is 7.82. The lowest BCUT2D eigenvalue weighted by Crippen LogP contribution is -2.38. The second-order valence-electron chi connectivity index (χ2n) is 7.82. The zero-order valence-corrected chi connectivity index (χ0v) is 16.8. The largest absolute Gasteiger partial charge is 0.391 e.